The molecule has 3 aromatic heterocycles. The largest absolute Gasteiger partial charge is 0.444 e. The van der Waals surface area contributed by atoms with Crippen LogP contribution in [0.2, 0.25) is 0 Å². The number of nitrogens with one attached hydrogen (secondary N) is 1. The highest BCUT2D eigenvalue weighted by molar-refractivity contribution is 5.66. The van der Waals surface area contributed by atoms with Gasteiger partial charge in [0.15, 0.2) is 12.2 Å². The Balaban J connectivity index is 1.36. The minimum Gasteiger partial charge on any atom is -0.444 e. The molecule has 1 saturated carbocycles. The predicted octanol–water partition coefficient (Wildman–Crippen LogP) is 5.69. The zero-order chi connectivity index (χ0) is 22.6. The summed E-state index contributed by atoms with van der Waals surface area (Å²) in [7, 11) is 0. The smallest absolute Gasteiger partial charge is 0.227 e. The van der Waals surface area contributed by atoms with Gasteiger partial charge in [0.05, 0.1) is 36.6 Å². The fourth-order valence-corrected chi connectivity index (χ4v) is 4.55. The number of nitrogens with zero attached hydrogens (tertiary/aromatic N) is 6. The van der Waals surface area contributed by atoms with Gasteiger partial charge in [-0.05, 0) is 55.5 Å². The summed E-state index contributed by atoms with van der Waals surface area (Å²) in [6, 6.07) is 10.3. The normalized spacial score (nSPS) is 14.8. The van der Waals surface area contributed by atoms with Crippen LogP contribution in [0.5, 0.6) is 0 Å². The molecule has 0 bridgehead atoms. The second-order valence-electron chi connectivity index (χ2n) is 8.48. The highest BCUT2D eigenvalue weighted by Crippen LogP contribution is 2.36. The zero-order valence-electron chi connectivity index (χ0n) is 18.5. The molecule has 8 nitrogen and oxygen atoms in total. The molecular formula is C25H25N7O. The number of aryl methyl sites for hydroxylation is 1. The first-order chi connectivity index (χ1) is 16.2. The number of benzene rings is 1. The molecular weight excluding hydrogens is 414 g/mol. The van der Waals surface area contributed by atoms with Gasteiger partial charge in [0.2, 0.25) is 5.95 Å². The summed E-state index contributed by atoms with van der Waals surface area (Å²) in [5, 5.41) is 17.2. The third-order valence-corrected chi connectivity index (χ3v) is 6.29. The lowest BCUT2D eigenvalue weighted by Gasteiger charge is -2.21. The van der Waals surface area contributed by atoms with E-state index in [1.807, 2.05) is 54.5 Å². The summed E-state index contributed by atoms with van der Waals surface area (Å²) in [6.45, 7) is 1.99. The van der Waals surface area contributed by atoms with Crippen LogP contribution in [-0.4, -0.2) is 24.7 Å². The third-order valence-electron chi connectivity index (χ3n) is 6.29. The van der Waals surface area contributed by atoms with Gasteiger partial charge in [-0.2, -0.15) is 10.4 Å². The van der Waals surface area contributed by atoms with Crippen LogP contribution in [0.4, 0.5) is 11.6 Å². The van der Waals surface area contributed by atoms with Crippen molar-refractivity contribution in [3.63, 3.8) is 0 Å². The molecule has 0 spiro atoms. The molecule has 33 heavy (non-hydrogen) atoms. The second kappa shape index (κ2) is 9.25. The summed E-state index contributed by atoms with van der Waals surface area (Å²) >= 11 is 0. The maximum absolute atomic E-state index is 9.35. The van der Waals surface area contributed by atoms with Crippen molar-refractivity contribution in [1.82, 2.24) is 24.7 Å². The lowest BCUT2D eigenvalue weighted by molar-refractivity contribution is 0.315. The van der Waals surface area contributed by atoms with E-state index >= 15 is 0 Å². The van der Waals surface area contributed by atoms with E-state index in [1.165, 1.54) is 19.2 Å². The highest BCUT2D eigenvalue weighted by atomic mass is 16.3. The molecule has 1 N–H and O–H groups in total. The number of aromatic nitrogens is 5. The third kappa shape index (κ3) is 4.48. The summed E-state index contributed by atoms with van der Waals surface area (Å²) in [5.74, 6) is 1.75. The maximum Gasteiger partial charge on any atom is 0.227 e. The molecule has 5 rings (SSSR count). The molecule has 4 aromatic rings. The maximum atomic E-state index is 9.35. The van der Waals surface area contributed by atoms with Crippen molar-refractivity contribution >= 4 is 11.6 Å². The first-order valence-corrected chi connectivity index (χ1v) is 11.2. The quantitative estimate of drug-likeness (QED) is 0.394. The van der Waals surface area contributed by atoms with E-state index in [9.17, 15) is 5.26 Å². The first-order valence-electron chi connectivity index (χ1n) is 11.2. The van der Waals surface area contributed by atoms with Crippen LogP contribution in [0.3, 0.4) is 0 Å². The Morgan fingerprint density at radius 1 is 1.15 bits per heavy atom. The minimum absolute atomic E-state index is 0.119. The fraction of sp³-hybridized carbons (Fsp3) is 0.320. The number of oxazole rings is 1. The zero-order valence-corrected chi connectivity index (χ0v) is 18.5. The van der Waals surface area contributed by atoms with Gasteiger partial charge in [-0.15, -0.1) is 0 Å². The number of anilines is 2. The minimum atomic E-state index is 0.119. The molecule has 1 fully saturated rings. The van der Waals surface area contributed by atoms with Gasteiger partial charge in [-0.3, -0.25) is 4.68 Å². The first kappa shape index (κ1) is 20.9. The van der Waals surface area contributed by atoms with E-state index in [-0.39, 0.29) is 6.04 Å². The van der Waals surface area contributed by atoms with E-state index in [0.29, 0.717) is 18.3 Å². The lowest BCUT2D eigenvalue weighted by Crippen LogP contribution is -2.17. The van der Waals surface area contributed by atoms with Crippen molar-refractivity contribution in [2.75, 3.05) is 5.32 Å². The molecule has 0 saturated heterocycles. The number of hydrogen-bond acceptors (Lipinski definition) is 7. The number of nitriles is 1. The predicted molar refractivity (Wildman–Crippen MR) is 124 cm³/mol. The lowest BCUT2D eigenvalue weighted by atomic mass is 9.96. The molecule has 8 heteroatoms. The second-order valence-corrected chi connectivity index (χ2v) is 8.48. The Labute approximate surface area is 192 Å². The summed E-state index contributed by atoms with van der Waals surface area (Å²) in [4.78, 5) is 13.2. The van der Waals surface area contributed by atoms with Crippen LogP contribution >= 0.6 is 0 Å². The Morgan fingerprint density at radius 2 is 1.97 bits per heavy atom. The van der Waals surface area contributed by atoms with Crippen molar-refractivity contribution in [1.29, 1.82) is 5.26 Å². The van der Waals surface area contributed by atoms with Crippen LogP contribution in [0.25, 0.3) is 22.6 Å². The van der Waals surface area contributed by atoms with Crippen molar-refractivity contribution in [3.8, 4) is 28.7 Å². The fourth-order valence-electron chi connectivity index (χ4n) is 4.55. The van der Waals surface area contributed by atoms with Crippen molar-refractivity contribution in [2.45, 2.75) is 45.1 Å². The highest BCUT2D eigenvalue weighted by Gasteiger charge is 2.27. The van der Waals surface area contributed by atoms with Crippen LogP contribution in [0, 0.1) is 24.2 Å². The SMILES string of the molecule is Cc1cnc(Nc2ccc(-c3cnco3)cc2)nc1-c1cnn(C(CC#N)C2CCCC2)c1. The van der Waals surface area contributed by atoms with Gasteiger partial charge < -0.3 is 9.73 Å². The molecule has 0 aliphatic heterocycles. The number of rotatable bonds is 7. The standard InChI is InChI=1S/C25H25N7O/c1-17-12-28-25(30-21-8-6-19(7-9-21)23-14-27-16-33-23)31-24(17)20-13-29-32(15-20)22(10-11-26)18-4-2-3-5-18/h6-9,12-16,18,22H,2-5,10H2,1H3,(H,28,30,31). The Hall–Kier alpha value is -3.99. The monoisotopic (exact) mass is 439 g/mol. The molecule has 1 aliphatic rings. The van der Waals surface area contributed by atoms with E-state index in [4.69, 9.17) is 9.40 Å². The molecule has 1 aliphatic carbocycles. The topological polar surface area (TPSA) is 105 Å². The van der Waals surface area contributed by atoms with E-state index in [1.54, 1.807) is 6.20 Å². The molecule has 1 unspecified atom stereocenters. The van der Waals surface area contributed by atoms with Crippen LogP contribution < -0.4 is 5.32 Å². The Kier molecular flexibility index (Phi) is 5.85. The average molecular weight is 440 g/mol. The van der Waals surface area contributed by atoms with Gasteiger partial charge in [0, 0.05) is 29.2 Å². The van der Waals surface area contributed by atoms with E-state index in [2.05, 4.69) is 26.5 Å². The van der Waals surface area contributed by atoms with Gasteiger partial charge in [-0.1, -0.05) is 12.8 Å². The van der Waals surface area contributed by atoms with Gasteiger partial charge in [-0.25, -0.2) is 15.0 Å². The molecule has 1 aromatic carbocycles. The summed E-state index contributed by atoms with van der Waals surface area (Å²) in [5.41, 5.74) is 4.56. The molecule has 3 heterocycles. The van der Waals surface area contributed by atoms with Gasteiger partial charge in [0.1, 0.15) is 0 Å². The molecule has 0 radical (unpaired) electrons. The average Bonchev–Trinajstić information content (AvgIpc) is 3.62. The molecule has 1 atom stereocenters. The Bertz CT molecular complexity index is 1250. The van der Waals surface area contributed by atoms with Crippen molar-refractivity contribution in [2.24, 2.45) is 5.92 Å². The van der Waals surface area contributed by atoms with Crippen LogP contribution in [-0.2, 0) is 0 Å². The molecule has 166 valence electrons. The van der Waals surface area contributed by atoms with E-state index in [0.717, 1.165) is 46.7 Å². The van der Waals surface area contributed by atoms with E-state index < -0.39 is 0 Å². The van der Waals surface area contributed by atoms with Crippen molar-refractivity contribution < 1.29 is 4.42 Å². The van der Waals surface area contributed by atoms with Crippen molar-refractivity contribution in [3.05, 3.63) is 61.0 Å². The number of hydrogen-bond donors (Lipinski definition) is 1. The van der Waals surface area contributed by atoms with Crippen LogP contribution in [0.1, 0.15) is 43.7 Å². The van der Waals surface area contributed by atoms with Crippen LogP contribution in [0.15, 0.2) is 59.9 Å². The summed E-state index contributed by atoms with van der Waals surface area (Å²) in [6.07, 6.45) is 14.1. The Morgan fingerprint density at radius 3 is 2.70 bits per heavy atom. The van der Waals surface area contributed by atoms with Gasteiger partial charge >= 0.3 is 0 Å². The van der Waals surface area contributed by atoms with Gasteiger partial charge in [0.25, 0.3) is 0 Å². The summed E-state index contributed by atoms with van der Waals surface area (Å²) < 4.78 is 7.30. The molecule has 0 amide bonds.